The Balaban J connectivity index is 2.13. The summed E-state index contributed by atoms with van der Waals surface area (Å²) in [4.78, 5) is 15.9. The fraction of sp³-hybridized carbons (Fsp3) is 0.0769. The summed E-state index contributed by atoms with van der Waals surface area (Å²) >= 11 is 3.21. The number of benzene rings is 1. The zero-order valence-corrected chi connectivity index (χ0v) is 11.0. The minimum atomic E-state index is -0.231. The van der Waals surface area contributed by atoms with Gasteiger partial charge in [0, 0.05) is 11.9 Å². The summed E-state index contributed by atoms with van der Waals surface area (Å²) in [6.45, 7) is -0.0520. The predicted octanol–water partition coefficient (Wildman–Crippen LogP) is 2.59. The number of rotatable bonds is 3. The maximum absolute atomic E-state index is 11.9. The molecule has 0 bridgehead atoms. The van der Waals surface area contributed by atoms with Gasteiger partial charge in [-0.15, -0.1) is 0 Å². The van der Waals surface area contributed by atoms with E-state index in [1.165, 1.54) is 6.20 Å². The zero-order chi connectivity index (χ0) is 13.0. The molecule has 0 saturated carbocycles. The molecule has 1 heterocycles. The van der Waals surface area contributed by atoms with E-state index in [-0.39, 0.29) is 12.5 Å². The highest BCUT2D eigenvalue weighted by atomic mass is 79.9. The van der Waals surface area contributed by atoms with Gasteiger partial charge in [0.2, 0.25) is 0 Å². The van der Waals surface area contributed by atoms with Gasteiger partial charge in [0.15, 0.2) is 0 Å². The summed E-state index contributed by atoms with van der Waals surface area (Å²) in [5.41, 5.74) is 1.88. The Morgan fingerprint density at radius 1 is 1.33 bits per heavy atom. The molecule has 18 heavy (non-hydrogen) atoms. The van der Waals surface area contributed by atoms with Crippen LogP contribution in [0.3, 0.4) is 0 Å². The van der Waals surface area contributed by atoms with Crippen molar-refractivity contribution in [3.63, 3.8) is 0 Å². The van der Waals surface area contributed by atoms with Crippen molar-refractivity contribution in [3.8, 4) is 0 Å². The number of carbonyl (C=O) groups excluding carboxylic acids is 1. The second-order valence-corrected chi connectivity index (χ2v) is 4.49. The lowest BCUT2D eigenvalue weighted by Gasteiger charge is -2.06. The number of amides is 1. The standard InChI is InChI=1S/C13H11BrN2O2/c14-12-5-4-10(7-15-12)13(18)16-11-3-1-2-9(6-11)8-17/h1-7,17H,8H2,(H,16,18). The number of hydrogen-bond donors (Lipinski definition) is 2. The van der Waals surface area contributed by atoms with Crippen molar-refractivity contribution in [1.82, 2.24) is 4.98 Å². The molecular formula is C13H11BrN2O2. The molecule has 0 spiro atoms. The third kappa shape index (κ3) is 3.15. The number of pyridine rings is 1. The van der Waals surface area contributed by atoms with Gasteiger partial charge in [0.1, 0.15) is 4.60 Å². The number of aliphatic hydroxyl groups is 1. The number of carbonyl (C=O) groups is 1. The SMILES string of the molecule is O=C(Nc1cccc(CO)c1)c1ccc(Br)nc1. The highest BCUT2D eigenvalue weighted by molar-refractivity contribution is 9.10. The number of anilines is 1. The van der Waals surface area contributed by atoms with E-state index in [1.54, 1.807) is 36.4 Å². The molecule has 2 N–H and O–H groups in total. The summed E-state index contributed by atoms with van der Waals surface area (Å²) in [6, 6.07) is 10.5. The van der Waals surface area contributed by atoms with E-state index < -0.39 is 0 Å². The summed E-state index contributed by atoms with van der Waals surface area (Å²) in [5.74, 6) is -0.231. The molecule has 5 heteroatoms. The van der Waals surface area contributed by atoms with E-state index in [0.29, 0.717) is 15.9 Å². The zero-order valence-electron chi connectivity index (χ0n) is 9.43. The summed E-state index contributed by atoms with van der Waals surface area (Å²) in [7, 11) is 0. The molecule has 1 aromatic heterocycles. The first-order chi connectivity index (χ1) is 8.69. The molecule has 0 fully saturated rings. The summed E-state index contributed by atoms with van der Waals surface area (Å²) < 4.78 is 0.682. The van der Waals surface area contributed by atoms with E-state index in [2.05, 4.69) is 26.2 Å². The number of hydrogen-bond acceptors (Lipinski definition) is 3. The topological polar surface area (TPSA) is 62.2 Å². The van der Waals surface area contributed by atoms with Gasteiger partial charge < -0.3 is 10.4 Å². The highest BCUT2D eigenvalue weighted by Crippen LogP contribution is 2.13. The van der Waals surface area contributed by atoms with E-state index in [9.17, 15) is 4.79 Å². The molecule has 0 aliphatic rings. The third-order valence-corrected chi connectivity index (χ3v) is 2.83. The molecule has 0 aliphatic heterocycles. The minimum Gasteiger partial charge on any atom is -0.392 e. The van der Waals surface area contributed by atoms with Gasteiger partial charge in [-0.2, -0.15) is 0 Å². The Hall–Kier alpha value is -1.72. The van der Waals surface area contributed by atoms with Crippen molar-refractivity contribution in [2.24, 2.45) is 0 Å². The summed E-state index contributed by atoms with van der Waals surface area (Å²) in [6.07, 6.45) is 1.50. The van der Waals surface area contributed by atoms with Crippen LogP contribution in [0.25, 0.3) is 0 Å². The number of aromatic nitrogens is 1. The van der Waals surface area contributed by atoms with Gasteiger partial charge in [0.05, 0.1) is 12.2 Å². The Morgan fingerprint density at radius 2 is 2.17 bits per heavy atom. The second-order valence-electron chi connectivity index (χ2n) is 3.68. The maximum atomic E-state index is 11.9. The van der Waals surface area contributed by atoms with Crippen molar-refractivity contribution >= 4 is 27.5 Å². The average molecular weight is 307 g/mol. The van der Waals surface area contributed by atoms with Crippen LogP contribution in [0.4, 0.5) is 5.69 Å². The van der Waals surface area contributed by atoms with Crippen LogP contribution in [0.15, 0.2) is 47.2 Å². The van der Waals surface area contributed by atoms with Gasteiger partial charge in [0.25, 0.3) is 5.91 Å². The first-order valence-electron chi connectivity index (χ1n) is 5.32. The number of aliphatic hydroxyl groups excluding tert-OH is 1. The molecule has 2 rings (SSSR count). The maximum Gasteiger partial charge on any atom is 0.257 e. The van der Waals surface area contributed by atoms with E-state index in [4.69, 9.17) is 5.11 Å². The quantitative estimate of drug-likeness (QED) is 0.857. The second kappa shape index (κ2) is 5.75. The van der Waals surface area contributed by atoms with Crippen molar-refractivity contribution < 1.29 is 9.90 Å². The first-order valence-corrected chi connectivity index (χ1v) is 6.11. The van der Waals surface area contributed by atoms with E-state index in [1.807, 2.05) is 0 Å². The Kier molecular flexibility index (Phi) is 4.07. The van der Waals surface area contributed by atoms with Gasteiger partial charge in [-0.3, -0.25) is 4.79 Å². The van der Waals surface area contributed by atoms with Crippen LogP contribution >= 0.6 is 15.9 Å². The Bertz CT molecular complexity index is 555. The molecule has 1 amide bonds. The van der Waals surface area contributed by atoms with Crippen LogP contribution in [0, 0.1) is 0 Å². The molecule has 0 saturated heterocycles. The third-order valence-electron chi connectivity index (χ3n) is 2.36. The largest absolute Gasteiger partial charge is 0.392 e. The molecule has 0 aliphatic carbocycles. The normalized spacial score (nSPS) is 10.1. The molecule has 0 atom stereocenters. The molecule has 92 valence electrons. The van der Waals surface area contributed by atoms with Gasteiger partial charge >= 0.3 is 0 Å². The minimum absolute atomic E-state index is 0.0520. The molecule has 1 aromatic carbocycles. The molecule has 0 unspecified atom stereocenters. The number of halogens is 1. The lowest BCUT2D eigenvalue weighted by molar-refractivity contribution is 0.102. The Labute approximate surface area is 113 Å². The number of nitrogens with zero attached hydrogens (tertiary/aromatic N) is 1. The number of nitrogens with one attached hydrogen (secondary N) is 1. The summed E-state index contributed by atoms with van der Waals surface area (Å²) in [5, 5.41) is 11.8. The van der Waals surface area contributed by atoms with E-state index >= 15 is 0 Å². The van der Waals surface area contributed by atoms with Gasteiger partial charge in [-0.25, -0.2) is 4.98 Å². The van der Waals surface area contributed by atoms with Gasteiger partial charge in [-0.05, 0) is 45.8 Å². The first kappa shape index (κ1) is 12.7. The average Bonchev–Trinajstić information content (AvgIpc) is 2.39. The van der Waals surface area contributed by atoms with Crippen LogP contribution in [0.1, 0.15) is 15.9 Å². The smallest absolute Gasteiger partial charge is 0.257 e. The molecule has 0 radical (unpaired) electrons. The van der Waals surface area contributed by atoms with Gasteiger partial charge in [-0.1, -0.05) is 12.1 Å². The fourth-order valence-electron chi connectivity index (χ4n) is 1.46. The predicted molar refractivity (Wildman–Crippen MR) is 72.3 cm³/mol. The van der Waals surface area contributed by atoms with Crippen LogP contribution < -0.4 is 5.32 Å². The molecule has 2 aromatic rings. The van der Waals surface area contributed by atoms with Crippen molar-refractivity contribution in [2.75, 3.05) is 5.32 Å². The lowest BCUT2D eigenvalue weighted by Crippen LogP contribution is -2.12. The Morgan fingerprint density at radius 3 is 2.83 bits per heavy atom. The van der Waals surface area contributed by atoms with Crippen molar-refractivity contribution in [1.29, 1.82) is 0 Å². The van der Waals surface area contributed by atoms with Crippen molar-refractivity contribution in [2.45, 2.75) is 6.61 Å². The van der Waals surface area contributed by atoms with E-state index in [0.717, 1.165) is 5.56 Å². The van der Waals surface area contributed by atoms with Crippen LogP contribution in [-0.2, 0) is 6.61 Å². The van der Waals surface area contributed by atoms with Crippen LogP contribution in [-0.4, -0.2) is 16.0 Å². The fourth-order valence-corrected chi connectivity index (χ4v) is 1.70. The monoisotopic (exact) mass is 306 g/mol. The van der Waals surface area contributed by atoms with Crippen molar-refractivity contribution in [3.05, 3.63) is 58.3 Å². The van der Waals surface area contributed by atoms with Crippen LogP contribution in [0.5, 0.6) is 0 Å². The van der Waals surface area contributed by atoms with Crippen LogP contribution in [0.2, 0.25) is 0 Å². The lowest BCUT2D eigenvalue weighted by atomic mass is 10.2. The highest BCUT2D eigenvalue weighted by Gasteiger charge is 2.06. The molecular weight excluding hydrogens is 296 g/mol. The molecule has 4 nitrogen and oxygen atoms in total.